The van der Waals surface area contributed by atoms with Crippen LogP contribution in [0.15, 0.2) is 66.7 Å². The highest BCUT2D eigenvalue weighted by Crippen LogP contribution is 2.25. The lowest BCUT2D eigenvalue weighted by Gasteiger charge is -2.09. The number of hydrogen-bond acceptors (Lipinski definition) is 4. The molecule has 3 aromatic rings. The van der Waals surface area contributed by atoms with Gasteiger partial charge in [-0.1, -0.05) is 24.3 Å². The predicted molar refractivity (Wildman–Crippen MR) is 96.6 cm³/mol. The molecular weight excluding hydrogens is 334 g/mol. The summed E-state index contributed by atoms with van der Waals surface area (Å²) in [5, 5.41) is 30.8. The van der Waals surface area contributed by atoms with Gasteiger partial charge in [-0.15, -0.1) is 0 Å². The molecule has 0 aliphatic carbocycles. The highest BCUT2D eigenvalue weighted by atomic mass is 16.4. The molecule has 6 nitrogen and oxygen atoms in total. The van der Waals surface area contributed by atoms with Crippen molar-refractivity contribution < 1.29 is 24.9 Å². The van der Waals surface area contributed by atoms with E-state index >= 15 is 0 Å². The molecule has 1 amide bonds. The summed E-state index contributed by atoms with van der Waals surface area (Å²) >= 11 is 0. The molecule has 0 aliphatic heterocycles. The molecule has 0 saturated heterocycles. The van der Waals surface area contributed by atoms with Gasteiger partial charge < -0.3 is 20.6 Å². The fraction of sp³-hybridized carbons (Fsp3) is 0. The molecule has 0 aromatic heterocycles. The van der Waals surface area contributed by atoms with E-state index in [0.29, 0.717) is 5.56 Å². The molecule has 3 rings (SSSR count). The number of benzene rings is 3. The zero-order valence-corrected chi connectivity index (χ0v) is 13.5. The van der Waals surface area contributed by atoms with Crippen LogP contribution in [-0.4, -0.2) is 27.2 Å². The summed E-state index contributed by atoms with van der Waals surface area (Å²) in [4.78, 5) is 23.3. The predicted octanol–water partition coefficient (Wildman–Crippen LogP) is 3.72. The lowest BCUT2D eigenvalue weighted by Crippen LogP contribution is -2.12. The Hall–Kier alpha value is -3.80. The standard InChI is InChI=1S/C20H15NO5/c22-16-6-2-4-13(10-16)12-3-1-5-14(9-12)19(24)21-15-7-8-17(20(25)26)18(23)11-15/h1-11,22-23H,(H,21,24)(H,25,26). The Morgan fingerprint density at radius 2 is 1.50 bits per heavy atom. The molecule has 4 N–H and O–H groups in total. The third-order valence-corrected chi connectivity index (χ3v) is 3.79. The summed E-state index contributed by atoms with van der Waals surface area (Å²) in [5.74, 6) is -1.95. The molecule has 3 aromatic carbocycles. The Bertz CT molecular complexity index is 997. The number of carbonyl (C=O) groups is 2. The van der Waals surface area contributed by atoms with Crippen molar-refractivity contribution in [3.63, 3.8) is 0 Å². The molecule has 0 heterocycles. The van der Waals surface area contributed by atoms with E-state index in [1.54, 1.807) is 36.4 Å². The van der Waals surface area contributed by atoms with Crippen molar-refractivity contribution >= 4 is 17.6 Å². The number of amides is 1. The van der Waals surface area contributed by atoms with Gasteiger partial charge in [-0.05, 0) is 47.5 Å². The Labute approximate surface area is 149 Å². The third kappa shape index (κ3) is 3.64. The van der Waals surface area contributed by atoms with Crippen LogP contribution in [0.4, 0.5) is 5.69 Å². The summed E-state index contributed by atoms with van der Waals surface area (Å²) in [5.41, 5.74) is 1.95. The maximum Gasteiger partial charge on any atom is 0.339 e. The molecule has 130 valence electrons. The lowest BCUT2D eigenvalue weighted by atomic mass is 10.0. The Balaban J connectivity index is 1.83. The number of carboxylic acid groups (broad SMARTS) is 1. The summed E-state index contributed by atoms with van der Waals surface area (Å²) in [7, 11) is 0. The number of hydrogen-bond donors (Lipinski definition) is 4. The number of phenolic OH excluding ortho intramolecular Hbond substituents is 1. The highest BCUT2D eigenvalue weighted by molar-refractivity contribution is 6.05. The lowest BCUT2D eigenvalue weighted by molar-refractivity contribution is 0.0693. The fourth-order valence-corrected chi connectivity index (χ4v) is 2.52. The van der Waals surface area contributed by atoms with Crippen molar-refractivity contribution in [1.29, 1.82) is 0 Å². The third-order valence-electron chi connectivity index (χ3n) is 3.79. The van der Waals surface area contributed by atoms with E-state index in [0.717, 1.165) is 11.1 Å². The first-order valence-electron chi connectivity index (χ1n) is 7.71. The number of anilines is 1. The van der Waals surface area contributed by atoms with Gasteiger partial charge in [-0.3, -0.25) is 4.79 Å². The zero-order chi connectivity index (χ0) is 18.7. The van der Waals surface area contributed by atoms with Crippen molar-refractivity contribution in [2.45, 2.75) is 0 Å². The van der Waals surface area contributed by atoms with Crippen LogP contribution in [0.5, 0.6) is 11.5 Å². The van der Waals surface area contributed by atoms with Crippen LogP contribution in [0.3, 0.4) is 0 Å². The minimum Gasteiger partial charge on any atom is -0.508 e. The average molecular weight is 349 g/mol. The van der Waals surface area contributed by atoms with Crippen LogP contribution in [-0.2, 0) is 0 Å². The molecule has 0 radical (unpaired) electrons. The zero-order valence-electron chi connectivity index (χ0n) is 13.5. The second kappa shape index (κ2) is 6.98. The molecule has 0 atom stereocenters. The summed E-state index contributed by atoms with van der Waals surface area (Å²) in [6, 6.07) is 17.3. The molecule has 0 unspecified atom stereocenters. The summed E-state index contributed by atoms with van der Waals surface area (Å²) < 4.78 is 0. The largest absolute Gasteiger partial charge is 0.508 e. The SMILES string of the molecule is O=C(Nc1ccc(C(=O)O)c(O)c1)c1cccc(-c2cccc(O)c2)c1. The van der Waals surface area contributed by atoms with E-state index in [1.165, 1.54) is 18.2 Å². The van der Waals surface area contributed by atoms with Crippen LogP contribution in [0, 0.1) is 0 Å². The van der Waals surface area contributed by atoms with E-state index in [1.807, 2.05) is 12.1 Å². The molecule has 0 aliphatic rings. The van der Waals surface area contributed by atoms with Gasteiger partial charge in [-0.25, -0.2) is 4.79 Å². The number of carbonyl (C=O) groups excluding carboxylic acids is 1. The molecule has 0 bridgehead atoms. The molecule has 6 heteroatoms. The Morgan fingerprint density at radius 1 is 0.808 bits per heavy atom. The normalized spacial score (nSPS) is 10.3. The van der Waals surface area contributed by atoms with Gasteiger partial charge in [0.15, 0.2) is 0 Å². The number of aromatic hydroxyl groups is 2. The van der Waals surface area contributed by atoms with Gasteiger partial charge in [0.1, 0.15) is 17.1 Å². The van der Waals surface area contributed by atoms with E-state index in [4.69, 9.17) is 5.11 Å². The van der Waals surface area contributed by atoms with E-state index in [9.17, 15) is 19.8 Å². The van der Waals surface area contributed by atoms with Crippen LogP contribution in [0.25, 0.3) is 11.1 Å². The summed E-state index contributed by atoms with van der Waals surface area (Å²) in [6.45, 7) is 0. The smallest absolute Gasteiger partial charge is 0.339 e. The van der Waals surface area contributed by atoms with Crippen LogP contribution < -0.4 is 5.32 Å². The minimum absolute atomic E-state index is 0.131. The topological polar surface area (TPSA) is 107 Å². The maximum absolute atomic E-state index is 12.4. The van der Waals surface area contributed by atoms with Crippen molar-refractivity contribution in [3.8, 4) is 22.6 Å². The maximum atomic E-state index is 12.4. The molecule has 0 saturated carbocycles. The van der Waals surface area contributed by atoms with Crippen molar-refractivity contribution in [2.75, 3.05) is 5.32 Å². The van der Waals surface area contributed by atoms with Crippen molar-refractivity contribution in [1.82, 2.24) is 0 Å². The van der Waals surface area contributed by atoms with Crippen LogP contribution in [0.2, 0.25) is 0 Å². The van der Waals surface area contributed by atoms with Crippen LogP contribution in [0.1, 0.15) is 20.7 Å². The van der Waals surface area contributed by atoms with E-state index in [2.05, 4.69) is 5.32 Å². The molecule has 26 heavy (non-hydrogen) atoms. The highest BCUT2D eigenvalue weighted by Gasteiger charge is 2.12. The first-order chi connectivity index (χ1) is 12.4. The fourth-order valence-electron chi connectivity index (χ4n) is 2.52. The van der Waals surface area contributed by atoms with Crippen molar-refractivity contribution in [3.05, 3.63) is 77.9 Å². The van der Waals surface area contributed by atoms with Gasteiger partial charge in [0.25, 0.3) is 5.91 Å². The number of phenols is 2. The second-order valence-electron chi connectivity index (χ2n) is 5.62. The quantitative estimate of drug-likeness (QED) is 0.574. The van der Waals surface area contributed by atoms with Crippen molar-refractivity contribution in [2.24, 2.45) is 0 Å². The number of nitrogens with one attached hydrogen (secondary N) is 1. The molecule has 0 spiro atoms. The van der Waals surface area contributed by atoms with Gasteiger partial charge in [0, 0.05) is 17.3 Å². The summed E-state index contributed by atoms with van der Waals surface area (Å²) in [6.07, 6.45) is 0. The first-order valence-corrected chi connectivity index (χ1v) is 7.71. The first kappa shape index (κ1) is 17.0. The van der Waals surface area contributed by atoms with Gasteiger partial charge in [0.05, 0.1) is 0 Å². The average Bonchev–Trinajstić information content (AvgIpc) is 2.61. The number of rotatable bonds is 4. The van der Waals surface area contributed by atoms with E-state index in [-0.39, 0.29) is 17.0 Å². The van der Waals surface area contributed by atoms with Gasteiger partial charge >= 0.3 is 5.97 Å². The Morgan fingerprint density at radius 3 is 2.15 bits per heavy atom. The molecule has 0 fully saturated rings. The van der Waals surface area contributed by atoms with Gasteiger partial charge in [0.2, 0.25) is 0 Å². The Kier molecular flexibility index (Phi) is 4.57. The van der Waals surface area contributed by atoms with E-state index < -0.39 is 17.6 Å². The monoisotopic (exact) mass is 349 g/mol. The number of aromatic carboxylic acids is 1. The minimum atomic E-state index is -1.25. The molecular formula is C20H15NO5. The number of carboxylic acids is 1. The van der Waals surface area contributed by atoms with Gasteiger partial charge in [-0.2, -0.15) is 0 Å². The second-order valence-corrected chi connectivity index (χ2v) is 5.62. The van der Waals surface area contributed by atoms with Crippen LogP contribution >= 0.6 is 0 Å².